The maximum absolute atomic E-state index is 13.2. The first-order valence-electron chi connectivity index (χ1n) is 13.0. The van der Waals surface area contributed by atoms with Crippen molar-refractivity contribution in [2.75, 3.05) is 0 Å². The van der Waals surface area contributed by atoms with Crippen LogP contribution in [0.4, 0.5) is 0 Å². The Balaban J connectivity index is 1.73. The lowest BCUT2D eigenvalue weighted by atomic mass is 9.66. The summed E-state index contributed by atoms with van der Waals surface area (Å²) in [4.78, 5) is 24.1. The standard InChI is InChI=1S/C28H36Cl2O8/c1-3-23(37-27-21(29)5-4-6-22(27)30)28(36)38-24-13-18(32)11-16-8-7-15(2)20(26(16)24)10-9-17(31)12-19(33)14-25(34)35/h4-8,11,15,17-20,23-24,26,31-33H,3,9-10,12-14H2,1-2H3,(H,34,35)/t15-,17+,18+,19+,20-,23?,24-,26-/m0/s1. The van der Waals surface area contributed by atoms with Crippen LogP contribution in [0, 0.1) is 17.8 Å². The molecular weight excluding hydrogens is 535 g/mol. The number of allylic oxidation sites excluding steroid dienone is 2. The fourth-order valence-corrected chi connectivity index (χ4v) is 5.84. The predicted octanol–water partition coefficient (Wildman–Crippen LogP) is 4.56. The van der Waals surface area contributed by atoms with Gasteiger partial charge in [-0.2, -0.15) is 0 Å². The van der Waals surface area contributed by atoms with Crippen LogP contribution in [-0.4, -0.2) is 62.9 Å². The highest BCUT2D eigenvalue weighted by Gasteiger charge is 2.42. The topological polar surface area (TPSA) is 134 Å². The van der Waals surface area contributed by atoms with Crippen molar-refractivity contribution in [1.29, 1.82) is 0 Å². The number of hydrogen-bond donors (Lipinski definition) is 4. The maximum atomic E-state index is 13.2. The number of halogens is 2. The summed E-state index contributed by atoms with van der Waals surface area (Å²) < 4.78 is 11.8. The lowest BCUT2D eigenvalue weighted by Gasteiger charge is -2.43. The van der Waals surface area contributed by atoms with Gasteiger partial charge in [0.2, 0.25) is 0 Å². The fourth-order valence-electron chi connectivity index (χ4n) is 5.35. The molecule has 0 fully saturated rings. The SMILES string of the molecule is CCC(Oc1c(Cl)cccc1Cl)C(=O)O[C@H]1C[C@H](O)C=C2C=C[C@H](C)[C@H](CC[C@@H](O)C[C@@H](O)CC(=O)O)[C@H]21. The zero-order valence-electron chi connectivity index (χ0n) is 21.5. The summed E-state index contributed by atoms with van der Waals surface area (Å²) in [5, 5.41) is 40.2. The van der Waals surface area contributed by atoms with Gasteiger partial charge in [-0.3, -0.25) is 4.79 Å². The largest absolute Gasteiger partial charge is 0.481 e. The summed E-state index contributed by atoms with van der Waals surface area (Å²) in [6.45, 7) is 3.83. The second kappa shape index (κ2) is 13.8. The predicted molar refractivity (Wildman–Crippen MR) is 143 cm³/mol. The summed E-state index contributed by atoms with van der Waals surface area (Å²) in [6, 6.07) is 4.91. The summed E-state index contributed by atoms with van der Waals surface area (Å²) >= 11 is 12.4. The number of rotatable bonds is 12. The molecule has 0 aliphatic heterocycles. The van der Waals surface area contributed by atoms with Crippen LogP contribution >= 0.6 is 23.2 Å². The average Bonchev–Trinajstić information content (AvgIpc) is 2.82. The van der Waals surface area contributed by atoms with Crippen molar-refractivity contribution in [3.05, 3.63) is 52.0 Å². The van der Waals surface area contributed by atoms with Gasteiger partial charge in [-0.15, -0.1) is 0 Å². The first-order valence-corrected chi connectivity index (χ1v) is 13.7. The molecule has 1 aromatic carbocycles. The highest BCUT2D eigenvalue weighted by atomic mass is 35.5. The van der Waals surface area contributed by atoms with E-state index in [1.807, 2.05) is 19.1 Å². The molecular formula is C28H36Cl2O8. The number of aliphatic carboxylic acids is 1. The van der Waals surface area contributed by atoms with Crippen LogP contribution in [-0.2, 0) is 14.3 Å². The van der Waals surface area contributed by atoms with Crippen LogP contribution in [0.1, 0.15) is 52.4 Å². The van der Waals surface area contributed by atoms with E-state index >= 15 is 0 Å². The number of carbonyl (C=O) groups is 2. The van der Waals surface area contributed by atoms with Crippen LogP contribution in [0.2, 0.25) is 10.0 Å². The van der Waals surface area contributed by atoms with Gasteiger partial charge in [0.05, 0.1) is 34.8 Å². The van der Waals surface area contributed by atoms with Crippen LogP contribution in [0.3, 0.4) is 0 Å². The number of ether oxygens (including phenoxy) is 2. The van der Waals surface area contributed by atoms with E-state index in [9.17, 15) is 24.9 Å². The van der Waals surface area contributed by atoms with E-state index in [2.05, 4.69) is 0 Å². The fraction of sp³-hybridized carbons (Fsp3) is 0.571. The van der Waals surface area contributed by atoms with Crippen molar-refractivity contribution >= 4 is 35.1 Å². The lowest BCUT2D eigenvalue weighted by Crippen LogP contribution is -2.44. The molecule has 38 heavy (non-hydrogen) atoms. The van der Waals surface area contributed by atoms with Crippen molar-refractivity contribution in [3.63, 3.8) is 0 Å². The number of esters is 1. The number of carboxylic acid groups (broad SMARTS) is 1. The van der Waals surface area contributed by atoms with Gasteiger partial charge in [0.25, 0.3) is 0 Å². The number of hydrogen-bond acceptors (Lipinski definition) is 7. The Morgan fingerprint density at radius 3 is 2.47 bits per heavy atom. The summed E-state index contributed by atoms with van der Waals surface area (Å²) in [5.41, 5.74) is 0.869. The normalized spacial score (nSPS) is 27.0. The van der Waals surface area contributed by atoms with Crippen molar-refractivity contribution in [3.8, 4) is 5.75 Å². The quantitative estimate of drug-likeness (QED) is 0.269. The molecule has 2 aliphatic carbocycles. The van der Waals surface area contributed by atoms with Gasteiger partial charge in [0, 0.05) is 12.3 Å². The van der Waals surface area contributed by atoms with E-state index in [1.165, 1.54) is 0 Å². The van der Waals surface area contributed by atoms with Crippen LogP contribution in [0.5, 0.6) is 5.75 Å². The van der Waals surface area contributed by atoms with E-state index in [0.717, 1.165) is 5.57 Å². The Hall–Kier alpha value is -2.10. The van der Waals surface area contributed by atoms with Crippen molar-refractivity contribution < 1.29 is 39.5 Å². The first-order chi connectivity index (χ1) is 18.0. The Morgan fingerprint density at radius 1 is 1.16 bits per heavy atom. The molecule has 8 nitrogen and oxygen atoms in total. The summed E-state index contributed by atoms with van der Waals surface area (Å²) in [6.07, 6.45) is 2.37. The highest BCUT2D eigenvalue weighted by molar-refractivity contribution is 6.37. The van der Waals surface area contributed by atoms with E-state index in [4.69, 9.17) is 37.8 Å². The Bertz CT molecular complexity index is 1020. The molecule has 0 amide bonds. The zero-order chi connectivity index (χ0) is 28.0. The molecule has 8 atom stereocenters. The monoisotopic (exact) mass is 570 g/mol. The van der Waals surface area contributed by atoms with Gasteiger partial charge in [-0.1, -0.05) is 61.3 Å². The van der Waals surface area contributed by atoms with Gasteiger partial charge in [-0.25, -0.2) is 4.79 Å². The number of aliphatic hydroxyl groups is 3. The molecule has 0 saturated heterocycles. The number of fused-ring (bicyclic) bond motifs is 1. The van der Waals surface area contributed by atoms with Gasteiger partial charge in [0.15, 0.2) is 11.9 Å². The Kier molecular flexibility index (Phi) is 11.1. The summed E-state index contributed by atoms with van der Waals surface area (Å²) in [7, 11) is 0. The molecule has 10 heteroatoms. The Morgan fingerprint density at radius 2 is 1.84 bits per heavy atom. The second-order valence-electron chi connectivity index (χ2n) is 10.1. The maximum Gasteiger partial charge on any atom is 0.347 e. The first kappa shape index (κ1) is 30.4. The van der Waals surface area contributed by atoms with Crippen LogP contribution < -0.4 is 4.74 Å². The smallest absolute Gasteiger partial charge is 0.347 e. The van der Waals surface area contributed by atoms with E-state index in [1.54, 1.807) is 31.2 Å². The third-order valence-corrected chi connectivity index (χ3v) is 7.84. The number of benzene rings is 1. The second-order valence-corrected chi connectivity index (χ2v) is 11.0. The zero-order valence-corrected chi connectivity index (χ0v) is 23.0. The molecule has 0 spiro atoms. The highest BCUT2D eigenvalue weighted by Crippen LogP contribution is 2.44. The van der Waals surface area contributed by atoms with E-state index < -0.39 is 48.9 Å². The van der Waals surface area contributed by atoms with Gasteiger partial charge in [-0.05, 0) is 55.2 Å². The molecule has 1 unspecified atom stereocenters. The third kappa shape index (κ3) is 7.96. The molecule has 2 aliphatic rings. The van der Waals surface area contributed by atoms with Gasteiger partial charge in [0.1, 0.15) is 6.10 Å². The average molecular weight is 571 g/mol. The van der Waals surface area contributed by atoms with Crippen molar-refractivity contribution in [1.82, 2.24) is 0 Å². The molecule has 0 aromatic heterocycles. The van der Waals surface area contributed by atoms with Gasteiger partial charge < -0.3 is 29.9 Å². The lowest BCUT2D eigenvalue weighted by molar-refractivity contribution is -0.163. The molecule has 3 rings (SSSR count). The number of aliphatic hydroxyl groups excluding tert-OH is 3. The molecule has 0 radical (unpaired) electrons. The molecule has 210 valence electrons. The molecule has 4 N–H and O–H groups in total. The number of carbonyl (C=O) groups excluding carboxylic acids is 1. The molecule has 0 heterocycles. The van der Waals surface area contributed by atoms with Crippen molar-refractivity contribution in [2.24, 2.45) is 17.8 Å². The van der Waals surface area contributed by atoms with Crippen LogP contribution in [0.25, 0.3) is 0 Å². The van der Waals surface area contributed by atoms with Crippen molar-refractivity contribution in [2.45, 2.75) is 82.9 Å². The minimum atomic E-state index is -1.13. The number of para-hydroxylation sites is 1. The summed E-state index contributed by atoms with van der Waals surface area (Å²) in [5.74, 6) is -1.62. The number of carboxylic acids is 1. The van der Waals surface area contributed by atoms with E-state index in [0.29, 0.717) is 19.3 Å². The Labute approximate surface area is 232 Å². The molecule has 0 bridgehead atoms. The third-order valence-electron chi connectivity index (χ3n) is 7.24. The molecule has 0 saturated carbocycles. The molecule has 1 aromatic rings. The minimum absolute atomic E-state index is 0.0122. The van der Waals surface area contributed by atoms with Gasteiger partial charge >= 0.3 is 11.9 Å². The van der Waals surface area contributed by atoms with Crippen LogP contribution in [0.15, 0.2) is 42.0 Å². The van der Waals surface area contributed by atoms with E-state index in [-0.39, 0.29) is 46.4 Å². The minimum Gasteiger partial charge on any atom is -0.481 e.